The van der Waals surface area contributed by atoms with Gasteiger partial charge in [-0.15, -0.1) is 0 Å². The van der Waals surface area contributed by atoms with E-state index >= 15 is 0 Å². The number of anilines is 2. The quantitative estimate of drug-likeness (QED) is 0.350. The molecule has 0 aliphatic carbocycles. The highest BCUT2D eigenvalue weighted by Gasteiger charge is 2.08. The molecule has 0 unspecified atom stereocenters. The molecule has 3 heterocycles. The molecule has 0 amide bonds. The second-order valence-electron chi connectivity index (χ2n) is 7.22. The van der Waals surface area contributed by atoms with Crippen molar-refractivity contribution >= 4 is 33.6 Å². The highest BCUT2D eigenvalue weighted by molar-refractivity contribution is 5.83. The Morgan fingerprint density at radius 1 is 0.931 bits per heavy atom. The largest absolute Gasteiger partial charge is 0.383 e. The van der Waals surface area contributed by atoms with Crippen molar-refractivity contribution in [3.8, 4) is 0 Å². The molecule has 0 saturated carbocycles. The molecule has 6 heteroatoms. The van der Waals surface area contributed by atoms with Crippen molar-refractivity contribution in [2.45, 2.75) is 19.4 Å². The number of nitrogens with zero attached hydrogens (tertiary/aromatic N) is 2. The lowest BCUT2D eigenvalue weighted by molar-refractivity contribution is 0.940. The lowest BCUT2D eigenvalue weighted by Crippen LogP contribution is -2.07. The van der Waals surface area contributed by atoms with Gasteiger partial charge >= 0.3 is 0 Å². The molecule has 0 saturated heterocycles. The average Bonchev–Trinajstić information content (AvgIpc) is 3.38. The second kappa shape index (κ2) is 7.31. The van der Waals surface area contributed by atoms with Crippen molar-refractivity contribution < 1.29 is 0 Å². The van der Waals surface area contributed by atoms with E-state index in [1.165, 1.54) is 16.3 Å². The smallest absolute Gasteiger partial charge is 0.224 e. The molecular formula is C23H22N6. The fourth-order valence-corrected chi connectivity index (χ4v) is 3.69. The number of H-pyrrole nitrogens is 2. The minimum absolute atomic E-state index is 0.530. The van der Waals surface area contributed by atoms with Gasteiger partial charge in [-0.2, -0.15) is 4.98 Å². The predicted molar refractivity (Wildman–Crippen MR) is 118 cm³/mol. The Morgan fingerprint density at radius 2 is 1.83 bits per heavy atom. The van der Waals surface area contributed by atoms with Crippen molar-refractivity contribution in [3.63, 3.8) is 0 Å². The fraction of sp³-hybridized carbons (Fsp3) is 0.130. The number of nitrogens with one attached hydrogen (secondary N) is 3. The van der Waals surface area contributed by atoms with Gasteiger partial charge in [-0.1, -0.05) is 30.3 Å². The zero-order chi connectivity index (χ0) is 19.6. The van der Waals surface area contributed by atoms with Crippen LogP contribution in [-0.2, 0) is 19.4 Å². The van der Waals surface area contributed by atoms with Gasteiger partial charge in [-0.3, -0.25) is 0 Å². The monoisotopic (exact) mass is 382 g/mol. The Bertz CT molecular complexity index is 1280. The highest BCUT2D eigenvalue weighted by atomic mass is 15.1. The minimum Gasteiger partial charge on any atom is -0.383 e. The van der Waals surface area contributed by atoms with E-state index in [9.17, 15) is 0 Å². The number of rotatable bonds is 6. The summed E-state index contributed by atoms with van der Waals surface area (Å²) in [5, 5.41) is 5.72. The molecule has 6 nitrogen and oxygen atoms in total. The van der Waals surface area contributed by atoms with Gasteiger partial charge in [0.05, 0.1) is 0 Å². The molecule has 0 aliphatic heterocycles. The van der Waals surface area contributed by atoms with Crippen molar-refractivity contribution in [2.24, 2.45) is 0 Å². The van der Waals surface area contributed by atoms with Gasteiger partial charge in [0, 0.05) is 47.1 Å². The summed E-state index contributed by atoms with van der Waals surface area (Å²) in [5.74, 6) is 1.08. The number of hydrogen-bond acceptors (Lipinski definition) is 4. The molecule has 5 aromatic rings. The molecule has 0 aliphatic rings. The third-order valence-corrected chi connectivity index (χ3v) is 5.31. The highest BCUT2D eigenvalue weighted by Crippen LogP contribution is 2.21. The zero-order valence-corrected chi connectivity index (χ0v) is 15.9. The molecule has 5 rings (SSSR count). The van der Waals surface area contributed by atoms with Crippen molar-refractivity contribution in [1.82, 2.24) is 19.9 Å². The van der Waals surface area contributed by atoms with E-state index in [4.69, 9.17) is 5.73 Å². The number of nitrogen functional groups attached to an aromatic ring is 1. The number of benzene rings is 2. The maximum Gasteiger partial charge on any atom is 0.224 e. The number of nitrogens with two attached hydrogens (primary N) is 1. The lowest BCUT2D eigenvalue weighted by Gasteiger charge is -2.09. The molecule has 5 N–H and O–H groups in total. The van der Waals surface area contributed by atoms with Crippen LogP contribution in [0.4, 0.5) is 11.8 Å². The van der Waals surface area contributed by atoms with E-state index < -0.39 is 0 Å². The Morgan fingerprint density at radius 3 is 2.76 bits per heavy atom. The van der Waals surface area contributed by atoms with Gasteiger partial charge in [-0.05, 0) is 47.6 Å². The first-order valence-corrected chi connectivity index (χ1v) is 9.72. The molecule has 144 valence electrons. The summed E-state index contributed by atoms with van der Waals surface area (Å²) in [5.41, 5.74) is 11.9. The van der Waals surface area contributed by atoms with Gasteiger partial charge in [0.15, 0.2) is 0 Å². The average molecular weight is 382 g/mol. The maximum absolute atomic E-state index is 6.20. The minimum atomic E-state index is 0.530. The third kappa shape index (κ3) is 3.52. The van der Waals surface area contributed by atoms with Crippen molar-refractivity contribution in [2.75, 3.05) is 11.1 Å². The van der Waals surface area contributed by atoms with Crippen molar-refractivity contribution in [1.29, 1.82) is 0 Å². The van der Waals surface area contributed by atoms with Crippen LogP contribution in [0, 0.1) is 0 Å². The van der Waals surface area contributed by atoms with Crippen LogP contribution in [0.25, 0.3) is 21.8 Å². The summed E-state index contributed by atoms with van der Waals surface area (Å²) < 4.78 is 0. The van der Waals surface area contributed by atoms with Crippen LogP contribution < -0.4 is 11.1 Å². The summed E-state index contributed by atoms with van der Waals surface area (Å²) in [6, 6.07) is 16.7. The molecule has 3 aromatic heterocycles. The summed E-state index contributed by atoms with van der Waals surface area (Å²) in [6.07, 6.45) is 7.53. The van der Waals surface area contributed by atoms with Crippen LogP contribution in [0.2, 0.25) is 0 Å². The molecular weight excluding hydrogens is 360 g/mol. The van der Waals surface area contributed by atoms with Gasteiger partial charge in [0.1, 0.15) is 5.82 Å². The first-order valence-electron chi connectivity index (χ1n) is 9.72. The van der Waals surface area contributed by atoms with Crippen LogP contribution in [0.15, 0.2) is 67.1 Å². The Hall–Kier alpha value is -3.80. The SMILES string of the molecule is Nc1nc(NCc2ccc3cc[nH]c3c2)ncc1CCc1c[nH]c2ccccc12. The fourth-order valence-electron chi connectivity index (χ4n) is 3.69. The lowest BCUT2D eigenvalue weighted by atomic mass is 10.1. The van der Waals surface area contributed by atoms with E-state index in [-0.39, 0.29) is 0 Å². The number of aromatic nitrogens is 4. The first-order chi connectivity index (χ1) is 14.3. The molecule has 29 heavy (non-hydrogen) atoms. The number of fused-ring (bicyclic) bond motifs is 2. The molecule has 0 spiro atoms. The van der Waals surface area contributed by atoms with E-state index in [0.29, 0.717) is 18.3 Å². The Kier molecular flexibility index (Phi) is 4.37. The van der Waals surface area contributed by atoms with Crippen LogP contribution >= 0.6 is 0 Å². The first kappa shape index (κ1) is 17.3. The summed E-state index contributed by atoms with van der Waals surface area (Å²) >= 11 is 0. The van der Waals surface area contributed by atoms with E-state index in [1.807, 2.05) is 18.5 Å². The Balaban J connectivity index is 1.25. The van der Waals surface area contributed by atoms with Crippen LogP contribution in [0.3, 0.4) is 0 Å². The summed E-state index contributed by atoms with van der Waals surface area (Å²) in [7, 11) is 0. The number of para-hydroxylation sites is 1. The van der Waals surface area contributed by atoms with Gasteiger partial charge < -0.3 is 21.0 Å². The van der Waals surface area contributed by atoms with Gasteiger partial charge in [-0.25, -0.2) is 4.98 Å². The summed E-state index contributed by atoms with van der Waals surface area (Å²) in [6.45, 7) is 0.642. The summed E-state index contributed by atoms with van der Waals surface area (Å²) in [4.78, 5) is 15.4. The molecule has 0 bridgehead atoms. The second-order valence-corrected chi connectivity index (χ2v) is 7.22. The van der Waals surface area contributed by atoms with E-state index in [0.717, 1.165) is 35.0 Å². The standard InChI is InChI=1S/C23H22N6/c24-22-18(8-7-17-13-26-20-4-2-1-3-19(17)20)14-28-23(29-22)27-12-15-5-6-16-9-10-25-21(16)11-15/h1-6,9-11,13-14,25-26H,7-8,12H2,(H3,24,27,28,29). The number of hydrogen-bond donors (Lipinski definition) is 4. The Labute approximate surface area is 168 Å². The number of aromatic amines is 2. The van der Waals surface area contributed by atoms with Crippen LogP contribution in [-0.4, -0.2) is 19.9 Å². The van der Waals surface area contributed by atoms with E-state index in [2.05, 4.69) is 73.9 Å². The van der Waals surface area contributed by atoms with Gasteiger partial charge in [0.25, 0.3) is 0 Å². The third-order valence-electron chi connectivity index (χ3n) is 5.31. The van der Waals surface area contributed by atoms with Crippen LogP contribution in [0.5, 0.6) is 0 Å². The molecule has 0 atom stereocenters. The van der Waals surface area contributed by atoms with Crippen LogP contribution in [0.1, 0.15) is 16.7 Å². The zero-order valence-electron chi connectivity index (χ0n) is 15.9. The topological polar surface area (TPSA) is 95.4 Å². The molecule has 2 aromatic carbocycles. The van der Waals surface area contributed by atoms with Gasteiger partial charge in [0.2, 0.25) is 5.95 Å². The van der Waals surface area contributed by atoms with E-state index in [1.54, 1.807) is 0 Å². The van der Waals surface area contributed by atoms with Crippen molar-refractivity contribution in [3.05, 3.63) is 83.8 Å². The predicted octanol–water partition coefficient (Wildman–Crippen LogP) is 4.42. The maximum atomic E-state index is 6.20. The molecule has 0 fully saturated rings. The normalized spacial score (nSPS) is 11.3. The number of aryl methyl sites for hydroxylation is 2. The molecule has 0 radical (unpaired) electrons.